The molecule has 0 aromatic carbocycles. The third-order valence-corrected chi connectivity index (χ3v) is 3.40. The average Bonchev–Trinajstić information content (AvgIpc) is 2.75. The molecule has 0 aliphatic rings. The van der Waals surface area contributed by atoms with Crippen molar-refractivity contribution in [1.82, 2.24) is 9.55 Å². The second-order valence-corrected chi connectivity index (χ2v) is 4.72. The van der Waals surface area contributed by atoms with E-state index >= 15 is 0 Å². The first kappa shape index (κ1) is 11.8. The Morgan fingerprint density at radius 2 is 2.29 bits per heavy atom. The Bertz CT molecular complexity index is 588. The van der Waals surface area contributed by atoms with Crippen molar-refractivity contribution in [3.63, 3.8) is 0 Å². The van der Waals surface area contributed by atoms with Gasteiger partial charge in [0.25, 0.3) is 5.56 Å². The van der Waals surface area contributed by atoms with Crippen LogP contribution in [0.5, 0.6) is 0 Å². The van der Waals surface area contributed by atoms with Crippen LogP contribution in [0.25, 0.3) is 10.2 Å². The number of fused-ring (bicyclic) bond motifs is 1. The van der Waals surface area contributed by atoms with Crippen molar-refractivity contribution in [2.24, 2.45) is 5.73 Å². The Morgan fingerprint density at radius 1 is 1.47 bits per heavy atom. The monoisotopic (exact) mass is 251 g/mol. The van der Waals surface area contributed by atoms with E-state index in [-0.39, 0.29) is 11.5 Å². The van der Waals surface area contributed by atoms with Crippen molar-refractivity contribution in [3.05, 3.63) is 28.1 Å². The van der Waals surface area contributed by atoms with Crippen LogP contribution in [-0.4, -0.2) is 15.5 Å². The van der Waals surface area contributed by atoms with Gasteiger partial charge in [-0.1, -0.05) is 0 Å². The van der Waals surface area contributed by atoms with Gasteiger partial charge < -0.3 is 5.73 Å². The van der Waals surface area contributed by atoms with Crippen molar-refractivity contribution in [2.75, 3.05) is 0 Å². The van der Waals surface area contributed by atoms with E-state index in [1.807, 2.05) is 11.4 Å². The lowest BCUT2D eigenvalue weighted by molar-refractivity contribution is -0.118. The normalized spacial score (nSPS) is 10.8. The van der Waals surface area contributed by atoms with Gasteiger partial charge in [-0.15, -0.1) is 11.3 Å². The molecule has 6 heteroatoms. The second-order valence-electron chi connectivity index (χ2n) is 3.80. The molecular weight excluding hydrogens is 238 g/mol. The standard InChI is InChI=1S/C11H13N3O2S/c12-9(15)3-1-2-5-14-7-13-8-4-6-17-10(8)11(14)16/h4,6-7H,1-3,5H2,(H2,12,15). The highest BCUT2D eigenvalue weighted by Crippen LogP contribution is 2.13. The number of aryl methyl sites for hydroxylation is 1. The number of nitrogens with zero attached hydrogens (tertiary/aromatic N) is 2. The summed E-state index contributed by atoms with van der Waals surface area (Å²) in [7, 11) is 0. The molecule has 17 heavy (non-hydrogen) atoms. The molecule has 2 N–H and O–H groups in total. The number of thiophene rings is 1. The molecule has 0 saturated heterocycles. The highest BCUT2D eigenvalue weighted by Gasteiger charge is 2.04. The van der Waals surface area contributed by atoms with Crippen LogP contribution in [0.3, 0.4) is 0 Å². The second kappa shape index (κ2) is 5.09. The van der Waals surface area contributed by atoms with Gasteiger partial charge in [0.05, 0.1) is 11.8 Å². The molecule has 0 fully saturated rings. The van der Waals surface area contributed by atoms with Gasteiger partial charge in [-0.3, -0.25) is 14.2 Å². The molecule has 0 aliphatic heterocycles. The summed E-state index contributed by atoms with van der Waals surface area (Å²) in [6.45, 7) is 0.576. The van der Waals surface area contributed by atoms with Crippen LogP contribution in [0.15, 0.2) is 22.6 Å². The predicted octanol–water partition coefficient (Wildman–Crippen LogP) is 1.11. The summed E-state index contributed by atoms with van der Waals surface area (Å²) in [6.07, 6.45) is 3.37. The third kappa shape index (κ3) is 2.71. The zero-order chi connectivity index (χ0) is 12.3. The molecule has 0 spiro atoms. The number of carbonyl (C=O) groups is 1. The zero-order valence-electron chi connectivity index (χ0n) is 9.26. The first-order chi connectivity index (χ1) is 8.18. The fraction of sp³-hybridized carbons (Fsp3) is 0.364. The van der Waals surface area contributed by atoms with Crippen LogP contribution >= 0.6 is 11.3 Å². The minimum Gasteiger partial charge on any atom is -0.370 e. The molecule has 1 amide bonds. The van der Waals surface area contributed by atoms with E-state index in [2.05, 4.69) is 4.98 Å². The van der Waals surface area contributed by atoms with Crippen LogP contribution < -0.4 is 11.3 Å². The number of amides is 1. The average molecular weight is 251 g/mol. The van der Waals surface area contributed by atoms with Crippen molar-refractivity contribution < 1.29 is 4.79 Å². The molecule has 2 aromatic rings. The quantitative estimate of drug-likeness (QED) is 0.809. The summed E-state index contributed by atoms with van der Waals surface area (Å²) in [5, 5.41) is 1.86. The summed E-state index contributed by atoms with van der Waals surface area (Å²) in [5.41, 5.74) is 5.78. The Morgan fingerprint density at radius 3 is 3.06 bits per heavy atom. The Hall–Kier alpha value is -1.69. The van der Waals surface area contributed by atoms with Crippen molar-refractivity contribution in [1.29, 1.82) is 0 Å². The van der Waals surface area contributed by atoms with Gasteiger partial charge in [0.2, 0.25) is 5.91 Å². The van der Waals surface area contributed by atoms with Crippen molar-refractivity contribution >= 4 is 27.5 Å². The van der Waals surface area contributed by atoms with E-state index in [1.165, 1.54) is 11.3 Å². The van der Waals surface area contributed by atoms with E-state index in [0.717, 1.165) is 11.9 Å². The maximum absolute atomic E-state index is 12.0. The fourth-order valence-corrected chi connectivity index (χ4v) is 2.41. The lowest BCUT2D eigenvalue weighted by Gasteiger charge is -2.03. The van der Waals surface area contributed by atoms with E-state index in [9.17, 15) is 9.59 Å². The smallest absolute Gasteiger partial charge is 0.271 e. The van der Waals surface area contributed by atoms with Gasteiger partial charge in [0, 0.05) is 13.0 Å². The number of unbranched alkanes of at least 4 members (excludes halogenated alkanes) is 1. The molecule has 0 bridgehead atoms. The maximum Gasteiger partial charge on any atom is 0.271 e. The van der Waals surface area contributed by atoms with Crippen LogP contribution in [0.1, 0.15) is 19.3 Å². The molecule has 0 unspecified atom stereocenters. The molecule has 0 atom stereocenters. The van der Waals surface area contributed by atoms with Crippen LogP contribution in [0, 0.1) is 0 Å². The Labute approximate surface area is 102 Å². The number of hydrogen-bond acceptors (Lipinski definition) is 4. The van der Waals surface area contributed by atoms with E-state index in [4.69, 9.17) is 5.73 Å². The highest BCUT2D eigenvalue weighted by molar-refractivity contribution is 7.17. The highest BCUT2D eigenvalue weighted by atomic mass is 32.1. The number of hydrogen-bond donors (Lipinski definition) is 1. The molecule has 90 valence electrons. The van der Waals surface area contributed by atoms with Gasteiger partial charge in [-0.05, 0) is 24.3 Å². The molecule has 2 heterocycles. The Balaban J connectivity index is 2.06. The minimum atomic E-state index is -0.302. The van der Waals surface area contributed by atoms with E-state index < -0.39 is 0 Å². The summed E-state index contributed by atoms with van der Waals surface area (Å²) >= 11 is 1.40. The Kier molecular flexibility index (Phi) is 3.53. The fourth-order valence-electron chi connectivity index (χ4n) is 1.62. The van der Waals surface area contributed by atoms with Crippen LogP contribution in [0.2, 0.25) is 0 Å². The van der Waals surface area contributed by atoms with Crippen molar-refractivity contribution in [2.45, 2.75) is 25.8 Å². The zero-order valence-corrected chi connectivity index (χ0v) is 10.1. The number of aromatic nitrogens is 2. The summed E-state index contributed by atoms with van der Waals surface area (Å²) in [6, 6.07) is 1.83. The summed E-state index contributed by atoms with van der Waals surface area (Å²) < 4.78 is 2.27. The number of nitrogens with two attached hydrogens (primary N) is 1. The largest absolute Gasteiger partial charge is 0.370 e. The van der Waals surface area contributed by atoms with Crippen LogP contribution in [-0.2, 0) is 11.3 Å². The molecule has 0 aliphatic carbocycles. The summed E-state index contributed by atoms with van der Waals surface area (Å²) in [5.74, 6) is -0.302. The molecule has 0 saturated carbocycles. The number of rotatable bonds is 5. The van der Waals surface area contributed by atoms with Crippen LogP contribution in [0.4, 0.5) is 0 Å². The topological polar surface area (TPSA) is 78.0 Å². The van der Waals surface area contributed by atoms with E-state index in [1.54, 1.807) is 10.9 Å². The minimum absolute atomic E-state index is 0.0101. The first-order valence-electron chi connectivity index (χ1n) is 5.39. The predicted molar refractivity (Wildman–Crippen MR) is 66.9 cm³/mol. The molecule has 2 aromatic heterocycles. The first-order valence-corrected chi connectivity index (χ1v) is 6.27. The van der Waals surface area contributed by atoms with Crippen molar-refractivity contribution in [3.8, 4) is 0 Å². The molecule has 0 radical (unpaired) electrons. The number of carbonyl (C=O) groups excluding carboxylic acids is 1. The van der Waals surface area contributed by atoms with Gasteiger partial charge in [-0.2, -0.15) is 0 Å². The van der Waals surface area contributed by atoms with E-state index in [0.29, 0.717) is 24.1 Å². The van der Waals surface area contributed by atoms with Gasteiger partial charge >= 0.3 is 0 Å². The van der Waals surface area contributed by atoms with Gasteiger partial charge in [0.1, 0.15) is 4.70 Å². The molecular formula is C11H13N3O2S. The maximum atomic E-state index is 12.0. The number of primary amides is 1. The lowest BCUT2D eigenvalue weighted by atomic mass is 10.2. The summed E-state index contributed by atoms with van der Waals surface area (Å²) in [4.78, 5) is 26.7. The molecule has 2 rings (SSSR count). The molecule has 5 nitrogen and oxygen atoms in total. The SMILES string of the molecule is NC(=O)CCCCn1cnc2ccsc2c1=O. The third-order valence-electron chi connectivity index (χ3n) is 2.51. The van der Waals surface area contributed by atoms with Gasteiger partial charge in [0.15, 0.2) is 0 Å². The lowest BCUT2D eigenvalue weighted by Crippen LogP contribution is -2.20. The van der Waals surface area contributed by atoms with Gasteiger partial charge in [-0.25, -0.2) is 4.98 Å².